The number of ether oxygens (including phenoxy) is 2. The largest absolute Gasteiger partial charge is 0.492 e. The van der Waals surface area contributed by atoms with Gasteiger partial charge in [0.2, 0.25) is 5.91 Å². The minimum absolute atomic E-state index is 0.124. The van der Waals surface area contributed by atoms with Crippen molar-refractivity contribution in [1.29, 1.82) is 0 Å². The van der Waals surface area contributed by atoms with Crippen LogP contribution in [-0.4, -0.2) is 37.6 Å². The number of benzene rings is 2. The third-order valence-corrected chi connectivity index (χ3v) is 4.14. The number of hydrogen-bond acceptors (Lipinski definition) is 4. The molecule has 0 aliphatic carbocycles. The monoisotopic (exact) mass is 354 g/mol. The van der Waals surface area contributed by atoms with E-state index < -0.39 is 6.10 Å². The topological polar surface area (TPSA) is 67.9 Å². The molecule has 6 nitrogen and oxygen atoms in total. The first-order valence-electron chi connectivity index (χ1n) is 8.55. The molecule has 0 saturated heterocycles. The van der Waals surface area contributed by atoms with Crippen molar-refractivity contribution in [3.63, 3.8) is 0 Å². The van der Waals surface area contributed by atoms with Crippen molar-refractivity contribution >= 4 is 17.5 Å². The van der Waals surface area contributed by atoms with Gasteiger partial charge in [-0.1, -0.05) is 29.8 Å². The fraction of sp³-hybridized carbons (Fsp3) is 0.300. The van der Waals surface area contributed by atoms with Gasteiger partial charge in [-0.25, -0.2) is 0 Å². The SMILES string of the molecule is CC(=O)N1CC(C(=O)NCCOc2ccc(C)cc2)Oc2ccccc21. The first-order chi connectivity index (χ1) is 12.5. The number of carbonyl (C=O) groups excluding carboxylic acids is 2. The minimum atomic E-state index is -0.742. The zero-order valence-corrected chi connectivity index (χ0v) is 14.9. The first kappa shape index (κ1) is 17.8. The van der Waals surface area contributed by atoms with E-state index in [1.165, 1.54) is 6.92 Å². The summed E-state index contributed by atoms with van der Waals surface area (Å²) in [6, 6.07) is 14.9. The van der Waals surface area contributed by atoms with E-state index >= 15 is 0 Å². The van der Waals surface area contributed by atoms with Crippen LogP contribution < -0.4 is 19.7 Å². The second-order valence-corrected chi connectivity index (χ2v) is 6.16. The van der Waals surface area contributed by atoms with E-state index in [0.717, 1.165) is 11.3 Å². The van der Waals surface area contributed by atoms with E-state index in [-0.39, 0.29) is 18.4 Å². The average molecular weight is 354 g/mol. The molecule has 2 amide bonds. The lowest BCUT2D eigenvalue weighted by Gasteiger charge is -2.33. The van der Waals surface area contributed by atoms with Gasteiger partial charge in [0.15, 0.2) is 6.10 Å². The first-order valence-corrected chi connectivity index (χ1v) is 8.55. The molecule has 136 valence electrons. The predicted octanol–water partition coefficient (Wildman–Crippen LogP) is 2.30. The van der Waals surface area contributed by atoms with Crippen LogP contribution in [0, 0.1) is 6.92 Å². The molecule has 1 aliphatic heterocycles. The Balaban J connectivity index is 1.53. The molecule has 1 aliphatic rings. The van der Waals surface area contributed by atoms with E-state index in [2.05, 4.69) is 5.32 Å². The molecule has 0 bridgehead atoms. The number of anilines is 1. The fourth-order valence-electron chi connectivity index (χ4n) is 2.76. The maximum absolute atomic E-state index is 12.4. The van der Waals surface area contributed by atoms with Gasteiger partial charge in [-0.3, -0.25) is 9.59 Å². The highest BCUT2D eigenvalue weighted by Gasteiger charge is 2.32. The number of nitrogens with zero attached hydrogens (tertiary/aromatic N) is 1. The Morgan fingerprint density at radius 1 is 1.19 bits per heavy atom. The lowest BCUT2D eigenvalue weighted by Crippen LogP contribution is -2.50. The average Bonchev–Trinajstić information content (AvgIpc) is 2.65. The third-order valence-electron chi connectivity index (χ3n) is 4.14. The second kappa shape index (κ2) is 7.91. The summed E-state index contributed by atoms with van der Waals surface area (Å²) in [4.78, 5) is 25.9. The molecule has 3 rings (SSSR count). The van der Waals surface area contributed by atoms with Gasteiger partial charge in [0.05, 0.1) is 18.8 Å². The summed E-state index contributed by atoms with van der Waals surface area (Å²) < 4.78 is 11.4. The molecular weight excluding hydrogens is 332 g/mol. The van der Waals surface area contributed by atoms with Crippen LogP contribution in [0.1, 0.15) is 12.5 Å². The van der Waals surface area contributed by atoms with Crippen LogP contribution >= 0.6 is 0 Å². The summed E-state index contributed by atoms with van der Waals surface area (Å²) in [5, 5.41) is 2.80. The van der Waals surface area contributed by atoms with Crippen LogP contribution in [0.15, 0.2) is 48.5 Å². The maximum Gasteiger partial charge on any atom is 0.263 e. The molecule has 0 aromatic heterocycles. The maximum atomic E-state index is 12.4. The Bertz CT molecular complexity index is 789. The fourth-order valence-corrected chi connectivity index (χ4v) is 2.76. The molecule has 6 heteroatoms. The standard InChI is InChI=1S/C20H22N2O4/c1-14-7-9-16(10-8-14)25-12-11-21-20(24)19-13-22(15(2)23)17-5-3-4-6-18(17)26-19/h3-10,19H,11-13H2,1-2H3,(H,21,24). The molecule has 1 N–H and O–H groups in total. The summed E-state index contributed by atoms with van der Waals surface area (Å²) in [6.07, 6.45) is -0.742. The van der Waals surface area contributed by atoms with Crippen molar-refractivity contribution in [3.05, 3.63) is 54.1 Å². The Morgan fingerprint density at radius 2 is 1.92 bits per heavy atom. The van der Waals surface area contributed by atoms with Crippen molar-refractivity contribution in [1.82, 2.24) is 5.32 Å². The van der Waals surface area contributed by atoms with Crippen molar-refractivity contribution in [3.8, 4) is 11.5 Å². The van der Waals surface area contributed by atoms with Gasteiger partial charge in [0.25, 0.3) is 5.91 Å². The van der Waals surface area contributed by atoms with Gasteiger partial charge in [-0.05, 0) is 31.2 Å². The van der Waals surface area contributed by atoms with Crippen LogP contribution in [0.3, 0.4) is 0 Å². The molecular formula is C20H22N2O4. The molecule has 0 radical (unpaired) electrons. The van der Waals surface area contributed by atoms with Gasteiger partial charge in [0.1, 0.15) is 18.1 Å². The molecule has 0 fully saturated rings. The van der Waals surface area contributed by atoms with E-state index in [4.69, 9.17) is 9.47 Å². The number of carbonyl (C=O) groups is 2. The zero-order chi connectivity index (χ0) is 18.5. The zero-order valence-electron chi connectivity index (χ0n) is 14.9. The summed E-state index contributed by atoms with van der Waals surface area (Å²) in [7, 11) is 0. The number of amides is 2. The lowest BCUT2D eigenvalue weighted by molar-refractivity contribution is -0.128. The molecule has 1 atom stereocenters. The molecule has 2 aromatic carbocycles. The van der Waals surface area contributed by atoms with Gasteiger partial charge in [-0.2, -0.15) is 0 Å². The number of rotatable bonds is 5. The highest BCUT2D eigenvalue weighted by Crippen LogP contribution is 2.33. The highest BCUT2D eigenvalue weighted by molar-refractivity contribution is 5.95. The number of fused-ring (bicyclic) bond motifs is 1. The van der Waals surface area contributed by atoms with Crippen LogP contribution in [0.5, 0.6) is 11.5 Å². The van der Waals surface area contributed by atoms with Gasteiger partial charge < -0.3 is 19.7 Å². The Labute approximate surface area is 152 Å². The summed E-state index contributed by atoms with van der Waals surface area (Å²) in [6.45, 7) is 4.39. The van der Waals surface area contributed by atoms with Crippen molar-refractivity contribution < 1.29 is 19.1 Å². The second-order valence-electron chi connectivity index (χ2n) is 6.16. The van der Waals surface area contributed by atoms with E-state index in [9.17, 15) is 9.59 Å². The quantitative estimate of drug-likeness (QED) is 0.837. The Hall–Kier alpha value is -3.02. The molecule has 26 heavy (non-hydrogen) atoms. The molecule has 1 unspecified atom stereocenters. The van der Waals surface area contributed by atoms with E-state index in [1.54, 1.807) is 17.0 Å². The molecule has 2 aromatic rings. The summed E-state index contributed by atoms with van der Waals surface area (Å²) in [5.74, 6) is 0.903. The third kappa shape index (κ3) is 4.14. The smallest absolute Gasteiger partial charge is 0.263 e. The van der Waals surface area contributed by atoms with Crippen LogP contribution in [0.25, 0.3) is 0 Å². The van der Waals surface area contributed by atoms with Gasteiger partial charge >= 0.3 is 0 Å². The Morgan fingerprint density at radius 3 is 2.65 bits per heavy atom. The summed E-state index contributed by atoms with van der Waals surface area (Å²) in [5.41, 5.74) is 1.85. The van der Waals surface area contributed by atoms with Crippen molar-refractivity contribution in [2.24, 2.45) is 0 Å². The molecule has 0 spiro atoms. The number of hydrogen-bond donors (Lipinski definition) is 1. The molecule has 0 saturated carbocycles. The van der Waals surface area contributed by atoms with Crippen molar-refractivity contribution in [2.75, 3.05) is 24.6 Å². The molecule has 1 heterocycles. The Kier molecular flexibility index (Phi) is 5.41. The van der Waals surface area contributed by atoms with E-state index in [0.29, 0.717) is 24.6 Å². The van der Waals surface area contributed by atoms with Crippen LogP contribution in [-0.2, 0) is 9.59 Å². The van der Waals surface area contributed by atoms with Crippen molar-refractivity contribution in [2.45, 2.75) is 20.0 Å². The van der Waals surface area contributed by atoms with Gasteiger partial charge in [0, 0.05) is 6.92 Å². The lowest BCUT2D eigenvalue weighted by atomic mass is 10.1. The number of nitrogens with one attached hydrogen (secondary N) is 1. The number of para-hydroxylation sites is 2. The number of aryl methyl sites for hydroxylation is 1. The minimum Gasteiger partial charge on any atom is -0.492 e. The van der Waals surface area contributed by atoms with Gasteiger partial charge in [-0.15, -0.1) is 0 Å². The normalized spacial score (nSPS) is 15.6. The van der Waals surface area contributed by atoms with E-state index in [1.807, 2.05) is 43.3 Å². The summed E-state index contributed by atoms with van der Waals surface area (Å²) >= 11 is 0. The van der Waals surface area contributed by atoms with Crippen LogP contribution in [0.2, 0.25) is 0 Å². The van der Waals surface area contributed by atoms with Crippen LogP contribution in [0.4, 0.5) is 5.69 Å². The highest BCUT2D eigenvalue weighted by atomic mass is 16.5. The predicted molar refractivity (Wildman–Crippen MR) is 98.6 cm³/mol.